The van der Waals surface area contributed by atoms with Crippen LogP contribution in [-0.2, 0) is 6.54 Å². The fourth-order valence-corrected chi connectivity index (χ4v) is 1.56. The fraction of sp³-hybridized carbons (Fsp3) is 0.818. The quantitative estimate of drug-likeness (QED) is 0.580. The first-order valence-electron chi connectivity index (χ1n) is 6.09. The molecule has 0 bridgehead atoms. The lowest BCUT2D eigenvalue weighted by molar-refractivity contribution is 0.282. The Bertz CT molecular complexity index is 238. The van der Waals surface area contributed by atoms with Crippen LogP contribution < -0.4 is 5.32 Å². The van der Waals surface area contributed by atoms with Crippen molar-refractivity contribution in [3.05, 3.63) is 12.4 Å². The van der Waals surface area contributed by atoms with Gasteiger partial charge in [-0.25, -0.2) is 0 Å². The molecule has 1 aromatic heterocycles. The van der Waals surface area contributed by atoms with Crippen LogP contribution in [0.3, 0.4) is 0 Å². The average molecular weight is 226 g/mol. The Kier molecular flexibility index (Phi) is 7.63. The van der Waals surface area contributed by atoms with Crippen molar-refractivity contribution in [1.82, 2.24) is 20.3 Å². The maximum atomic E-state index is 8.60. The number of unbranched alkanes of at least 4 members (excludes halogenated alkanes) is 3. The minimum absolute atomic E-state index is 0.325. The molecule has 0 aliphatic heterocycles. The molecule has 0 saturated carbocycles. The van der Waals surface area contributed by atoms with Crippen molar-refractivity contribution in [2.24, 2.45) is 0 Å². The largest absolute Gasteiger partial charge is 0.396 e. The Hall–Kier alpha value is -0.940. The summed E-state index contributed by atoms with van der Waals surface area (Å²) in [4.78, 5) is 0. The van der Waals surface area contributed by atoms with Crippen LogP contribution in [0, 0.1) is 0 Å². The lowest BCUT2D eigenvalue weighted by Crippen LogP contribution is -2.18. The number of rotatable bonds is 10. The Labute approximate surface area is 96.9 Å². The van der Waals surface area contributed by atoms with Crippen LogP contribution in [0.2, 0.25) is 0 Å². The molecule has 0 atom stereocenters. The van der Waals surface area contributed by atoms with Gasteiger partial charge in [0.05, 0.1) is 6.20 Å². The summed E-state index contributed by atoms with van der Waals surface area (Å²) in [7, 11) is 0. The molecule has 0 saturated heterocycles. The van der Waals surface area contributed by atoms with Gasteiger partial charge in [-0.05, 0) is 32.4 Å². The van der Waals surface area contributed by atoms with Crippen LogP contribution in [-0.4, -0.2) is 39.8 Å². The van der Waals surface area contributed by atoms with Crippen molar-refractivity contribution in [2.45, 2.75) is 38.6 Å². The van der Waals surface area contributed by atoms with Gasteiger partial charge in [0.2, 0.25) is 0 Å². The van der Waals surface area contributed by atoms with Crippen LogP contribution >= 0.6 is 0 Å². The molecule has 5 nitrogen and oxygen atoms in total. The molecule has 0 radical (unpaired) electrons. The van der Waals surface area contributed by atoms with E-state index in [4.69, 9.17) is 5.11 Å². The van der Waals surface area contributed by atoms with E-state index in [1.54, 1.807) is 6.20 Å². The van der Waals surface area contributed by atoms with E-state index in [1.807, 2.05) is 10.9 Å². The van der Waals surface area contributed by atoms with Crippen molar-refractivity contribution < 1.29 is 5.11 Å². The van der Waals surface area contributed by atoms with E-state index in [9.17, 15) is 0 Å². The first kappa shape index (κ1) is 13.1. The summed E-state index contributed by atoms with van der Waals surface area (Å²) < 4.78 is 1.85. The predicted molar refractivity (Wildman–Crippen MR) is 63.1 cm³/mol. The topological polar surface area (TPSA) is 63.0 Å². The Morgan fingerprint density at radius 2 is 1.88 bits per heavy atom. The van der Waals surface area contributed by atoms with Crippen molar-refractivity contribution in [2.75, 3.05) is 19.7 Å². The van der Waals surface area contributed by atoms with E-state index in [2.05, 4.69) is 15.6 Å². The summed E-state index contributed by atoms with van der Waals surface area (Å²) >= 11 is 0. The van der Waals surface area contributed by atoms with Crippen molar-refractivity contribution in [1.29, 1.82) is 0 Å². The second-order valence-corrected chi connectivity index (χ2v) is 3.91. The first-order chi connectivity index (χ1) is 7.93. The summed E-state index contributed by atoms with van der Waals surface area (Å²) in [5.74, 6) is 0. The molecule has 16 heavy (non-hydrogen) atoms. The molecule has 0 aliphatic rings. The van der Waals surface area contributed by atoms with E-state index >= 15 is 0 Å². The highest BCUT2D eigenvalue weighted by Gasteiger charge is 1.92. The smallest absolute Gasteiger partial charge is 0.0692 e. The first-order valence-corrected chi connectivity index (χ1v) is 6.09. The SMILES string of the molecule is OCCCCCCNCCCn1ccnn1. The third kappa shape index (κ3) is 6.53. The minimum Gasteiger partial charge on any atom is -0.396 e. The van der Waals surface area contributed by atoms with Gasteiger partial charge in [0.25, 0.3) is 0 Å². The van der Waals surface area contributed by atoms with Gasteiger partial charge in [-0.15, -0.1) is 5.10 Å². The fourth-order valence-electron chi connectivity index (χ4n) is 1.56. The minimum atomic E-state index is 0.325. The molecular formula is C11H22N4O. The van der Waals surface area contributed by atoms with Crippen molar-refractivity contribution in [3.63, 3.8) is 0 Å². The lowest BCUT2D eigenvalue weighted by Gasteiger charge is -2.04. The second-order valence-electron chi connectivity index (χ2n) is 3.91. The summed E-state index contributed by atoms with van der Waals surface area (Å²) in [6, 6.07) is 0. The Balaban J connectivity index is 1.78. The Morgan fingerprint density at radius 1 is 1.06 bits per heavy atom. The molecular weight excluding hydrogens is 204 g/mol. The number of nitrogens with zero attached hydrogens (tertiary/aromatic N) is 3. The van der Waals surface area contributed by atoms with Crippen LogP contribution in [0.15, 0.2) is 12.4 Å². The van der Waals surface area contributed by atoms with E-state index in [0.29, 0.717) is 6.61 Å². The van der Waals surface area contributed by atoms with Crippen molar-refractivity contribution in [3.8, 4) is 0 Å². The highest BCUT2D eigenvalue weighted by molar-refractivity contribution is 4.63. The molecule has 1 heterocycles. The molecule has 0 amide bonds. The molecule has 0 aromatic carbocycles. The number of aliphatic hydroxyl groups is 1. The van der Waals surface area contributed by atoms with Gasteiger partial charge in [-0.2, -0.15) is 0 Å². The normalized spacial score (nSPS) is 10.8. The lowest BCUT2D eigenvalue weighted by atomic mass is 10.2. The van der Waals surface area contributed by atoms with Gasteiger partial charge in [-0.3, -0.25) is 4.68 Å². The molecule has 0 aliphatic carbocycles. The van der Waals surface area contributed by atoms with Crippen LogP contribution in [0.1, 0.15) is 32.1 Å². The third-order valence-electron chi connectivity index (χ3n) is 2.47. The molecule has 0 spiro atoms. The monoisotopic (exact) mass is 226 g/mol. The van der Waals surface area contributed by atoms with E-state index < -0.39 is 0 Å². The molecule has 1 aromatic rings. The van der Waals surface area contributed by atoms with E-state index in [-0.39, 0.29) is 0 Å². The molecule has 92 valence electrons. The maximum absolute atomic E-state index is 8.60. The number of aryl methyl sites for hydroxylation is 1. The van der Waals surface area contributed by atoms with Gasteiger partial charge in [0.1, 0.15) is 0 Å². The van der Waals surface area contributed by atoms with Crippen LogP contribution in [0.4, 0.5) is 0 Å². The molecule has 5 heteroatoms. The number of nitrogens with one attached hydrogen (secondary N) is 1. The summed E-state index contributed by atoms with van der Waals surface area (Å²) in [6.45, 7) is 3.35. The van der Waals surface area contributed by atoms with Crippen LogP contribution in [0.5, 0.6) is 0 Å². The highest BCUT2D eigenvalue weighted by atomic mass is 16.2. The zero-order valence-corrected chi connectivity index (χ0v) is 9.81. The standard InChI is InChI=1S/C11H22N4O/c16-11-4-2-1-3-6-12-7-5-9-15-10-8-13-14-15/h8,10,12,16H,1-7,9,11H2. The number of aliphatic hydroxyl groups excluding tert-OH is 1. The highest BCUT2D eigenvalue weighted by Crippen LogP contribution is 1.97. The van der Waals surface area contributed by atoms with Gasteiger partial charge >= 0.3 is 0 Å². The zero-order chi connectivity index (χ0) is 11.5. The number of aromatic nitrogens is 3. The molecule has 0 fully saturated rings. The molecule has 0 unspecified atom stereocenters. The zero-order valence-electron chi connectivity index (χ0n) is 9.81. The third-order valence-corrected chi connectivity index (χ3v) is 2.47. The average Bonchev–Trinajstić information content (AvgIpc) is 2.80. The molecule has 1 rings (SSSR count). The van der Waals surface area contributed by atoms with Gasteiger partial charge in [0.15, 0.2) is 0 Å². The van der Waals surface area contributed by atoms with Crippen LogP contribution in [0.25, 0.3) is 0 Å². The number of hydrogen-bond acceptors (Lipinski definition) is 4. The van der Waals surface area contributed by atoms with Gasteiger partial charge in [0, 0.05) is 19.3 Å². The predicted octanol–water partition coefficient (Wildman–Crippen LogP) is 0.810. The Morgan fingerprint density at radius 3 is 2.62 bits per heavy atom. The summed E-state index contributed by atoms with van der Waals surface area (Å²) in [5.41, 5.74) is 0. The van der Waals surface area contributed by atoms with Gasteiger partial charge < -0.3 is 10.4 Å². The number of hydrogen-bond donors (Lipinski definition) is 2. The van der Waals surface area contributed by atoms with Crippen molar-refractivity contribution >= 4 is 0 Å². The van der Waals surface area contributed by atoms with Gasteiger partial charge in [-0.1, -0.05) is 18.1 Å². The van der Waals surface area contributed by atoms with E-state index in [0.717, 1.165) is 38.9 Å². The molecule has 2 N–H and O–H groups in total. The maximum Gasteiger partial charge on any atom is 0.0692 e. The van der Waals surface area contributed by atoms with E-state index in [1.165, 1.54) is 12.8 Å². The second kappa shape index (κ2) is 9.30. The summed E-state index contributed by atoms with van der Waals surface area (Å²) in [5, 5.41) is 19.7. The summed E-state index contributed by atoms with van der Waals surface area (Å²) in [6.07, 6.45) is 9.15.